The van der Waals surface area contributed by atoms with E-state index in [0.717, 1.165) is 10.7 Å². The summed E-state index contributed by atoms with van der Waals surface area (Å²) in [6, 6.07) is 5.96. The summed E-state index contributed by atoms with van der Waals surface area (Å²) in [4.78, 5) is 6.39. The zero-order chi connectivity index (χ0) is 10.4. The number of oxime groups is 1. The molecule has 1 aliphatic heterocycles. The SMILES string of the molecule is CC1=NOCc2c1sc1cc(Cl)ccc21. The maximum Gasteiger partial charge on any atom is 0.144 e. The Morgan fingerprint density at radius 3 is 3.20 bits per heavy atom. The Hall–Kier alpha value is -1.06. The molecule has 1 aromatic heterocycles. The second kappa shape index (κ2) is 3.22. The topological polar surface area (TPSA) is 21.6 Å². The predicted molar refractivity (Wildman–Crippen MR) is 63.8 cm³/mol. The van der Waals surface area contributed by atoms with Crippen LogP contribution in [0.25, 0.3) is 10.1 Å². The van der Waals surface area contributed by atoms with Gasteiger partial charge in [-0.15, -0.1) is 11.3 Å². The van der Waals surface area contributed by atoms with Crippen LogP contribution in [0.1, 0.15) is 17.4 Å². The molecule has 2 heterocycles. The van der Waals surface area contributed by atoms with Crippen molar-refractivity contribution in [3.63, 3.8) is 0 Å². The number of nitrogens with zero attached hydrogens (tertiary/aromatic N) is 1. The molecule has 0 atom stereocenters. The van der Waals surface area contributed by atoms with E-state index in [-0.39, 0.29) is 0 Å². The molecule has 0 aliphatic carbocycles. The molecule has 15 heavy (non-hydrogen) atoms. The first kappa shape index (κ1) is 9.19. The van der Waals surface area contributed by atoms with Gasteiger partial charge in [-0.05, 0) is 24.4 Å². The van der Waals surface area contributed by atoms with Crippen LogP contribution in [0.3, 0.4) is 0 Å². The van der Waals surface area contributed by atoms with Crippen LogP contribution in [0.15, 0.2) is 23.4 Å². The lowest BCUT2D eigenvalue weighted by Gasteiger charge is -2.09. The smallest absolute Gasteiger partial charge is 0.144 e. The van der Waals surface area contributed by atoms with Gasteiger partial charge in [0.05, 0.1) is 10.6 Å². The van der Waals surface area contributed by atoms with E-state index < -0.39 is 0 Å². The minimum atomic E-state index is 0.564. The Labute approximate surface area is 96.1 Å². The molecule has 2 nitrogen and oxygen atoms in total. The van der Waals surface area contributed by atoms with Crippen molar-refractivity contribution >= 4 is 38.7 Å². The van der Waals surface area contributed by atoms with Crippen LogP contribution >= 0.6 is 22.9 Å². The largest absolute Gasteiger partial charge is 0.391 e. The van der Waals surface area contributed by atoms with Crippen LogP contribution in [0, 0.1) is 0 Å². The van der Waals surface area contributed by atoms with Crippen LogP contribution in [0.5, 0.6) is 0 Å². The Balaban J connectivity index is 2.36. The van der Waals surface area contributed by atoms with Crippen LogP contribution in [-0.2, 0) is 11.4 Å². The second-order valence-electron chi connectivity index (χ2n) is 3.50. The molecule has 0 N–H and O–H groups in total. The first-order chi connectivity index (χ1) is 7.25. The number of halogens is 1. The standard InChI is InChI=1S/C11H8ClNOS/c1-6-11-9(5-14-13-6)8-3-2-7(12)4-10(8)15-11/h2-4H,5H2,1H3. The molecule has 0 radical (unpaired) electrons. The Kier molecular flexibility index (Phi) is 1.97. The summed E-state index contributed by atoms with van der Waals surface area (Å²) < 4.78 is 1.20. The molecule has 76 valence electrons. The first-order valence-electron chi connectivity index (χ1n) is 4.63. The number of fused-ring (bicyclic) bond motifs is 3. The van der Waals surface area contributed by atoms with E-state index in [1.54, 1.807) is 11.3 Å². The zero-order valence-electron chi connectivity index (χ0n) is 8.08. The van der Waals surface area contributed by atoms with Crippen molar-refractivity contribution in [2.24, 2.45) is 5.16 Å². The van der Waals surface area contributed by atoms with Gasteiger partial charge in [0, 0.05) is 15.3 Å². The number of rotatable bonds is 0. The first-order valence-corrected chi connectivity index (χ1v) is 5.83. The summed E-state index contributed by atoms with van der Waals surface area (Å²) in [6.07, 6.45) is 0. The quantitative estimate of drug-likeness (QED) is 0.683. The van der Waals surface area contributed by atoms with E-state index in [1.165, 1.54) is 20.5 Å². The van der Waals surface area contributed by atoms with Gasteiger partial charge < -0.3 is 4.84 Å². The summed E-state index contributed by atoms with van der Waals surface area (Å²) >= 11 is 7.69. The predicted octanol–water partition coefficient (Wildman–Crippen LogP) is 3.81. The maximum absolute atomic E-state index is 5.96. The lowest BCUT2D eigenvalue weighted by molar-refractivity contribution is 0.127. The molecule has 0 bridgehead atoms. The van der Waals surface area contributed by atoms with E-state index in [0.29, 0.717) is 6.61 Å². The summed E-state index contributed by atoms with van der Waals surface area (Å²) in [5, 5.41) is 5.99. The van der Waals surface area contributed by atoms with Gasteiger partial charge in [-0.1, -0.05) is 22.8 Å². The Bertz CT molecular complexity index is 573. The number of thiophene rings is 1. The molecule has 0 unspecified atom stereocenters. The molecule has 3 rings (SSSR count). The molecule has 0 spiro atoms. The summed E-state index contributed by atoms with van der Waals surface area (Å²) in [5.74, 6) is 0. The summed E-state index contributed by atoms with van der Waals surface area (Å²) in [5.41, 5.74) is 2.19. The Morgan fingerprint density at radius 1 is 1.47 bits per heavy atom. The van der Waals surface area contributed by atoms with Crippen molar-refractivity contribution in [2.45, 2.75) is 13.5 Å². The highest BCUT2D eigenvalue weighted by Gasteiger charge is 2.18. The third-order valence-electron chi connectivity index (χ3n) is 2.49. The van der Waals surface area contributed by atoms with Crippen molar-refractivity contribution in [3.8, 4) is 0 Å². The number of hydrogen-bond donors (Lipinski definition) is 0. The fraction of sp³-hybridized carbons (Fsp3) is 0.182. The van der Waals surface area contributed by atoms with Crippen LogP contribution in [0.2, 0.25) is 5.02 Å². The molecule has 2 aromatic rings. The average Bonchev–Trinajstić information content (AvgIpc) is 2.57. The summed E-state index contributed by atoms with van der Waals surface area (Å²) in [6.45, 7) is 2.53. The van der Waals surface area contributed by atoms with Crippen molar-refractivity contribution < 1.29 is 4.84 Å². The molecule has 0 amide bonds. The molecule has 1 aromatic carbocycles. The maximum atomic E-state index is 5.96. The monoisotopic (exact) mass is 237 g/mol. The molecular weight excluding hydrogens is 230 g/mol. The van der Waals surface area contributed by atoms with Gasteiger partial charge in [0.1, 0.15) is 6.61 Å². The highest BCUT2D eigenvalue weighted by atomic mass is 35.5. The lowest BCUT2D eigenvalue weighted by atomic mass is 10.1. The fourth-order valence-corrected chi connectivity index (χ4v) is 3.22. The number of benzene rings is 1. The van der Waals surface area contributed by atoms with Crippen molar-refractivity contribution in [1.82, 2.24) is 0 Å². The van der Waals surface area contributed by atoms with Crippen LogP contribution < -0.4 is 0 Å². The normalized spacial score (nSPS) is 14.7. The van der Waals surface area contributed by atoms with Gasteiger partial charge in [0.15, 0.2) is 0 Å². The van der Waals surface area contributed by atoms with Crippen molar-refractivity contribution in [1.29, 1.82) is 0 Å². The van der Waals surface area contributed by atoms with E-state index in [1.807, 2.05) is 19.1 Å². The molecule has 0 fully saturated rings. The van der Waals surface area contributed by atoms with Gasteiger partial charge in [-0.3, -0.25) is 0 Å². The highest BCUT2D eigenvalue weighted by Crippen LogP contribution is 2.35. The third kappa shape index (κ3) is 1.34. The van der Waals surface area contributed by atoms with Crippen LogP contribution in [-0.4, -0.2) is 5.71 Å². The van der Waals surface area contributed by atoms with Crippen molar-refractivity contribution in [2.75, 3.05) is 0 Å². The summed E-state index contributed by atoms with van der Waals surface area (Å²) in [7, 11) is 0. The molecule has 0 saturated carbocycles. The van der Waals surface area contributed by atoms with Gasteiger partial charge in [-0.25, -0.2) is 0 Å². The van der Waals surface area contributed by atoms with Crippen molar-refractivity contribution in [3.05, 3.63) is 33.7 Å². The van der Waals surface area contributed by atoms with Gasteiger partial charge in [-0.2, -0.15) is 0 Å². The highest BCUT2D eigenvalue weighted by molar-refractivity contribution is 7.21. The number of hydrogen-bond acceptors (Lipinski definition) is 3. The fourth-order valence-electron chi connectivity index (χ4n) is 1.79. The van der Waals surface area contributed by atoms with E-state index in [4.69, 9.17) is 16.4 Å². The zero-order valence-corrected chi connectivity index (χ0v) is 9.65. The molecule has 1 aliphatic rings. The van der Waals surface area contributed by atoms with Gasteiger partial charge >= 0.3 is 0 Å². The molecule has 0 saturated heterocycles. The van der Waals surface area contributed by atoms with E-state index in [2.05, 4.69) is 11.2 Å². The lowest BCUT2D eigenvalue weighted by Crippen LogP contribution is -2.04. The minimum Gasteiger partial charge on any atom is -0.391 e. The van der Waals surface area contributed by atoms with Gasteiger partial charge in [0.2, 0.25) is 0 Å². The molecular formula is C11H8ClNOS. The average molecular weight is 238 g/mol. The third-order valence-corrected chi connectivity index (χ3v) is 4.03. The van der Waals surface area contributed by atoms with Gasteiger partial charge in [0.25, 0.3) is 0 Å². The van der Waals surface area contributed by atoms with Crippen LogP contribution in [0.4, 0.5) is 0 Å². The molecule has 4 heteroatoms. The second-order valence-corrected chi connectivity index (χ2v) is 4.99. The van der Waals surface area contributed by atoms with E-state index in [9.17, 15) is 0 Å². The van der Waals surface area contributed by atoms with E-state index >= 15 is 0 Å². The Morgan fingerprint density at radius 2 is 2.33 bits per heavy atom. The minimum absolute atomic E-state index is 0.564.